The lowest BCUT2D eigenvalue weighted by molar-refractivity contribution is -0.163. The summed E-state index contributed by atoms with van der Waals surface area (Å²) in [6, 6.07) is 5.28. The number of rotatable bonds is 5. The first-order chi connectivity index (χ1) is 8.40. The Morgan fingerprint density at radius 3 is 2.39 bits per heavy atom. The highest BCUT2D eigenvalue weighted by Gasteiger charge is 2.21. The fourth-order valence-corrected chi connectivity index (χ4v) is 1.28. The maximum absolute atomic E-state index is 11.5. The van der Waals surface area contributed by atoms with Gasteiger partial charge in [0.1, 0.15) is 11.8 Å². The number of carbonyl (C=O) groups excluding carboxylic acids is 1. The van der Waals surface area contributed by atoms with Gasteiger partial charge in [0.05, 0.1) is 0 Å². The Kier molecular flexibility index (Phi) is 4.67. The van der Waals surface area contributed by atoms with Gasteiger partial charge in [0.15, 0.2) is 6.10 Å². The molecule has 0 radical (unpaired) electrons. The molecule has 0 saturated carbocycles. The van der Waals surface area contributed by atoms with E-state index in [0.717, 1.165) is 5.56 Å². The molecule has 0 aliphatic carbocycles. The van der Waals surface area contributed by atoms with Crippen molar-refractivity contribution >= 4 is 11.9 Å². The second-order valence-electron chi connectivity index (χ2n) is 3.89. The van der Waals surface area contributed by atoms with E-state index in [1.54, 1.807) is 12.1 Å². The van der Waals surface area contributed by atoms with Crippen LogP contribution in [0.25, 0.3) is 0 Å². The van der Waals surface area contributed by atoms with Gasteiger partial charge in [-0.05, 0) is 31.0 Å². The molecule has 0 saturated heterocycles. The van der Waals surface area contributed by atoms with Crippen LogP contribution in [0.2, 0.25) is 0 Å². The Hall–Kier alpha value is -2.08. The minimum atomic E-state index is -1.22. The van der Waals surface area contributed by atoms with E-state index in [-0.39, 0.29) is 12.2 Å². The standard InChI is InChI=1S/C12H15NO5/c1-7(11(15)16)18-12(17)10(13)6-8-2-4-9(14)5-3-8/h2-5,7,10,14H,6,13H2,1H3,(H,15,16)/t7?,10-/m0/s1. The Balaban J connectivity index is 2.54. The number of carbonyl (C=O) groups is 2. The fraction of sp³-hybridized carbons (Fsp3) is 0.333. The van der Waals surface area contributed by atoms with E-state index in [9.17, 15) is 9.59 Å². The van der Waals surface area contributed by atoms with Gasteiger partial charge in [-0.25, -0.2) is 4.79 Å². The van der Waals surface area contributed by atoms with Crippen molar-refractivity contribution in [1.29, 1.82) is 0 Å². The first-order valence-electron chi connectivity index (χ1n) is 5.37. The van der Waals surface area contributed by atoms with Crippen LogP contribution in [0.5, 0.6) is 5.75 Å². The minimum Gasteiger partial charge on any atom is -0.508 e. The van der Waals surface area contributed by atoms with Gasteiger partial charge in [0.2, 0.25) is 0 Å². The van der Waals surface area contributed by atoms with Gasteiger partial charge < -0.3 is 20.7 Å². The third-order valence-electron chi connectivity index (χ3n) is 2.34. The summed E-state index contributed by atoms with van der Waals surface area (Å²) < 4.78 is 4.66. The van der Waals surface area contributed by atoms with E-state index in [1.807, 2.05) is 0 Å². The van der Waals surface area contributed by atoms with Crippen molar-refractivity contribution in [2.75, 3.05) is 0 Å². The van der Waals surface area contributed by atoms with E-state index in [0.29, 0.717) is 0 Å². The maximum Gasteiger partial charge on any atom is 0.344 e. The van der Waals surface area contributed by atoms with E-state index < -0.39 is 24.1 Å². The van der Waals surface area contributed by atoms with E-state index in [4.69, 9.17) is 15.9 Å². The van der Waals surface area contributed by atoms with E-state index in [1.165, 1.54) is 19.1 Å². The molecule has 18 heavy (non-hydrogen) atoms. The van der Waals surface area contributed by atoms with Gasteiger partial charge in [-0.1, -0.05) is 12.1 Å². The summed E-state index contributed by atoms with van der Waals surface area (Å²) >= 11 is 0. The molecular formula is C12H15NO5. The summed E-state index contributed by atoms with van der Waals surface area (Å²) in [4.78, 5) is 22.0. The summed E-state index contributed by atoms with van der Waals surface area (Å²) in [6.07, 6.45) is -1.01. The van der Waals surface area contributed by atoms with Crippen LogP contribution in [0.3, 0.4) is 0 Å². The quantitative estimate of drug-likeness (QED) is 0.650. The van der Waals surface area contributed by atoms with Crippen LogP contribution in [0, 0.1) is 0 Å². The molecule has 1 aromatic rings. The predicted molar refractivity (Wildman–Crippen MR) is 63.0 cm³/mol. The number of aromatic hydroxyl groups is 1. The molecule has 0 heterocycles. The van der Waals surface area contributed by atoms with Crippen molar-refractivity contribution < 1.29 is 24.5 Å². The van der Waals surface area contributed by atoms with Gasteiger partial charge in [-0.2, -0.15) is 0 Å². The van der Waals surface area contributed by atoms with Crippen LogP contribution in [0.4, 0.5) is 0 Å². The molecule has 2 atom stereocenters. The molecule has 1 aromatic carbocycles. The van der Waals surface area contributed by atoms with Crippen LogP contribution in [0.1, 0.15) is 12.5 Å². The van der Waals surface area contributed by atoms with Crippen LogP contribution >= 0.6 is 0 Å². The number of phenolic OH excluding ortho intramolecular Hbond substituents is 1. The number of esters is 1. The molecule has 4 N–H and O–H groups in total. The lowest BCUT2D eigenvalue weighted by Crippen LogP contribution is -2.37. The lowest BCUT2D eigenvalue weighted by atomic mass is 10.1. The second-order valence-corrected chi connectivity index (χ2v) is 3.89. The number of phenols is 1. The first-order valence-corrected chi connectivity index (χ1v) is 5.37. The average molecular weight is 253 g/mol. The highest BCUT2D eigenvalue weighted by molar-refractivity contribution is 5.80. The third kappa shape index (κ3) is 4.06. The average Bonchev–Trinajstić information content (AvgIpc) is 2.31. The number of aliphatic carboxylic acids is 1. The molecule has 1 unspecified atom stereocenters. The molecule has 0 aliphatic rings. The Morgan fingerprint density at radius 1 is 1.33 bits per heavy atom. The molecule has 0 bridgehead atoms. The van der Waals surface area contributed by atoms with Crippen molar-refractivity contribution in [2.45, 2.75) is 25.5 Å². The highest BCUT2D eigenvalue weighted by atomic mass is 16.6. The summed E-state index contributed by atoms with van der Waals surface area (Å²) in [6.45, 7) is 1.26. The second kappa shape index (κ2) is 6.02. The van der Waals surface area contributed by atoms with Crippen molar-refractivity contribution in [3.8, 4) is 5.75 Å². The lowest BCUT2D eigenvalue weighted by Gasteiger charge is -2.14. The summed E-state index contributed by atoms with van der Waals surface area (Å²) in [7, 11) is 0. The molecule has 0 spiro atoms. The zero-order valence-electron chi connectivity index (χ0n) is 9.87. The minimum absolute atomic E-state index is 0.120. The van der Waals surface area contributed by atoms with Gasteiger partial charge in [-0.3, -0.25) is 4.79 Å². The monoisotopic (exact) mass is 253 g/mol. The number of carboxylic acids is 1. The molecule has 6 heteroatoms. The molecule has 0 amide bonds. The van der Waals surface area contributed by atoms with Crippen LogP contribution in [-0.2, 0) is 20.7 Å². The fourth-order valence-electron chi connectivity index (χ4n) is 1.28. The summed E-state index contributed by atoms with van der Waals surface area (Å²) in [5.41, 5.74) is 6.36. The van der Waals surface area contributed by atoms with Crippen LogP contribution < -0.4 is 5.73 Å². The SMILES string of the molecule is CC(OC(=O)[C@@H](N)Cc1ccc(O)cc1)C(=O)O. The summed E-state index contributed by atoms with van der Waals surface area (Å²) in [5, 5.41) is 17.7. The summed E-state index contributed by atoms with van der Waals surface area (Å²) in [5.74, 6) is -1.87. The molecule has 98 valence electrons. The molecule has 0 aromatic heterocycles. The van der Waals surface area contributed by atoms with Gasteiger partial charge in [0, 0.05) is 0 Å². The smallest absolute Gasteiger partial charge is 0.344 e. The zero-order chi connectivity index (χ0) is 13.7. The van der Waals surface area contributed by atoms with Crippen molar-refractivity contribution in [2.24, 2.45) is 5.73 Å². The van der Waals surface area contributed by atoms with E-state index >= 15 is 0 Å². The number of ether oxygens (including phenoxy) is 1. The van der Waals surface area contributed by atoms with Crippen molar-refractivity contribution in [1.82, 2.24) is 0 Å². The van der Waals surface area contributed by atoms with Gasteiger partial charge in [-0.15, -0.1) is 0 Å². The highest BCUT2D eigenvalue weighted by Crippen LogP contribution is 2.11. The van der Waals surface area contributed by atoms with Crippen molar-refractivity contribution in [3.05, 3.63) is 29.8 Å². The zero-order valence-corrected chi connectivity index (χ0v) is 9.87. The maximum atomic E-state index is 11.5. The number of hydrogen-bond acceptors (Lipinski definition) is 5. The Bertz CT molecular complexity index is 429. The third-order valence-corrected chi connectivity index (χ3v) is 2.34. The number of hydrogen-bond donors (Lipinski definition) is 3. The normalized spacial score (nSPS) is 13.7. The molecule has 1 rings (SSSR count). The topological polar surface area (TPSA) is 110 Å². The Labute approximate surface area is 104 Å². The molecule has 6 nitrogen and oxygen atoms in total. The van der Waals surface area contributed by atoms with Crippen LogP contribution in [-0.4, -0.2) is 34.3 Å². The largest absolute Gasteiger partial charge is 0.508 e. The number of benzene rings is 1. The van der Waals surface area contributed by atoms with Crippen molar-refractivity contribution in [3.63, 3.8) is 0 Å². The van der Waals surface area contributed by atoms with Gasteiger partial charge >= 0.3 is 11.9 Å². The molecule has 0 fully saturated rings. The number of nitrogens with two attached hydrogens (primary N) is 1. The molecular weight excluding hydrogens is 238 g/mol. The van der Waals surface area contributed by atoms with E-state index in [2.05, 4.69) is 4.74 Å². The Morgan fingerprint density at radius 2 is 1.89 bits per heavy atom. The predicted octanol–water partition coefficient (Wildman–Crippen LogP) is 0.278. The first kappa shape index (κ1) is 14.0. The molecule has 0 aliphatic heterocycles. The van der Waals surface area contributed by atoms with Gasteiger partial charge in [0.25, 0.3) is 0 Å². The number of carboxylic acid groups (broad SMARTS) is 1. The van der Waals surface area contributed by atoms with Crippen LogP contribution in [0.15, 0.2) is 24.3 Å².